The summed E-state index contributed by atoms with van der Waals surface area (Å²) in [4.78, 5) is 11.9. The Balaban J connectivity index is 2.64. The van der Waals surface area contributed by atoms with E-state index in [0.29, 0.717) is 12.3 Å². The molecule has 0 amide bonds. The molecule has 0 bridgehead atoms. The molecule has 0 saturated carbocycles. The minimum Gasteiger partial charge on any atom is -0.499 e. The first-order valence-corrected chi connectivity index (χ1v) is 17.3. The van der Waals surface area contributed by atoms with Gasteiger partial charge in [0.05, 0.1) is 13.2 Å². The Kier molecular flexibility index (Phi) is 23.0. The molecule has 1 aliphatic rings. The largest absolute Gasteiger partial charge is 0.499 e. The van der Waals surface area contributed by atoms with Crippen LogP contribution in [-0.4, -0.2) is 69.1 Å². The van der Waals surface area contributed by atoms with Crippen LogP contribution in [0.1, 0.15) is 155 Å². The van der Waals surface area contributed by atoms with Crippen LogP contribution in [0.5, 0.6) is 0 Å². The van der Waals surface area contributed by atoms with Crippen LogP contribution < -0.4 is 0 Å². The van der Waals surface area contributed by atoms with Crippen LogP contribution in [0.2, 0.25) is 0 Å². The number of hydrogen-bond acceptors (Lipinski definition) is 8. The lowest BCUT2D eigenvalue weighted by Crippen LogP contribution is -2.37. The highest BCUT2D eigenvalue weighted by molar-refractivity contribution is 5.89. The molecule has 1 aliphatic heterocycles. The maximum Gasteiger partial charge on any atom is 0.378 e. The first-order chi connectivity index (χ1) is 20.4. The minimum absolute atomic E-state index is 0.298. The van der Waals surface area contributed by atoms with Crippen LogP contribution in [0.25, 0.3) is 0 Å². The van der Waals surface area contributed by atoms with Gasteiger partial charge < -0.3 is 35.0 Å². The molecule has 248 valence electrons. The van der Waals surface area contributed by atoms with Crippen molar-refractivity contribution in [3.05, 3.63) is 11.5 Å². The molecule has 42 heavy (non-hydrogen) atoms. The van der Waals surface area contributed by atoms with Crippen molar-refractivity contribution in [1.29, 1.82) is 0 Å². The van der Waals surface area contributed by atoms with Crippen LogP contribution in [0.15, 0.2) is 11.5 Å². The molecule has 3 unspecified atom stereocenters. The number of carbonyl (C=O) groups is 1. The molecule has 8 heteroatoms. The Morgan fingerprint density at radius 2 is 1.12 bits per heavy atom. The highest BCUT2D eigenvalue weighted by atomic mass is 16.6. The maximum absolute atomic E-state index is 11.9. The van der Waals surface area contributed by atoms with Gasteiger partial charge in [-0.3, -0.25) is 0 Å². The summed E-state index contributed by atoms with van der Waals surface area (Å²) in [6.07, 6.45) is 21.6. The van der Waals surface area contributed by atoms with Gasteiger partial charge in [-0.25, -0.2) is 4.79 Å². The molecule has 5 N–H and O–H groups in total. The van der Waals surface area contributed by atoms with Crippen LogP contribution in [0.3, 0.4) is 0 Å². The lowest BCUT2D eigenvalue weighted by atomic mass is 9.88. The van der Waals surface area contributed by atoms with Crippen molar-refractivity contribution < 1.29 is 39.8 Å². The van der Waals surface area contributed by atoms with E-state index in [0.717, 1.165) is 19.3 Å². The summed E-state index contributed by atoms with van der Waals surface area (Å²) in [7, 11) is 0. The second-order valence-electron chi connectivity index (χ2n) is 12.4. The van der Waals surface area contributed by atoms with Crippen molar-refractivity contribution in [2.75, 3.05) is 13.2 Å². The first-order valence-electron chi connectivity index (χ1n) is 17.3. The van der Waals surface area contributed by atoms with Crippen LogP contribution in [0, 0.1) is 5.92 Å². The number of aliphatic hydroxyl groups excluding tert-OH is 5. The highest BCUT2D eigenvalue weighted by Gasteiger charge is 2.42. The van der Waals surface area contributed by atoms with Gasteiger partial charge in [0.25, 0.3) is 0 Å². The number of unbranched alkanes of at least 4 members (excludes halogenated alkanes) is 16. The molecule has 5 atom stereocenters. The number of cyclic esters (lactones) is 1. The van der Waals surface area contributed by atoms with Gasteiger partial charge in [-0.15, -0.1) is 0 Å². The quantitative estimate of drug-likeness (QED) is 0.0457. The topological polar surface area (TPSA) is 137 Å². The summed E-state index contributed by atoms with van der Waals surface area (Å²) in [6, 6.07) is 0. The standard InChI is InChI=1S/C34H64O8/c1-3-5-7-9-11-13-14-16-18-20-22-27(21-19-17-15-12-10-8-6-4-2)23-24-30(28(37)25-35)41-33-31(39)34(40)42-32(33)29(38)26-36/h27-30,32,35-39H,3-26H2,1-2H3/t27?,28?,29-,30?,32+/m0/s1. The number of ether oxygens (including phenoxy) is 2. The van der Waals surface area contributed by atoms with Gasteiger partial charge >= 0.3 is 5.97 Å². The van der Waals surface area contributed by atoms with Crippen molar-refractivity contribution >= 4 is 5.97 Å². The molecule has 0 aliphatic carbocycles. The zero-order valence-electron chi connectivity index (χ0n) is 26.8. The second-order valence-corrected chi connectivity index (χ2v) is 12.4. The van der Waals surface area contributed by atoms with Gasteiger partial charge in [-0.1, -0.05) is 142 Å². The third-order valence-electron chi connectivity index (χ3n) is 8.64. The predicted octanol–water partition coefficient (Wildman–Crippen LogP) is 7.01. The summed E-state index contributed by atoms with van der Waals surface area (Å²) < 4.78 is 10.8. The van der Waals surface area contributed by atoms with Gasteiger partial charge in [0.2, 0.25) is 5.76 Å². The smallest absolute Gasteiger partial charge is 0.378 e. The number of esters is 1. The molecular formula is C34H64O8. The summed E-state index contributed by atoms with van der Waals surface area (Å²) in [5.41, 5.74) is 0. The van der Waals surface area contributed by atoms with E-state index < -0.39 is 49.4 Å². The third-order valence-corrected chi connectivity index (χ3v) is 8.64. The van der Waals surface area contributed by atoms with E-state index in [1.165, 1.54) is 116 Å². The van der Waals surface area contributed by atoms with Crippen molar-refractivity contribution in [2.24, 2.45) is 5.92 Å². The van der Waals surface area contributed by atoms with Crippen LogP contribution in [-0.2, 0) is 14.3 Å². The van der Waals surface area contributed by atoms with Gasteiger partial charge in [0, 0.05) is 0 Å². The number of aliphatic hydroxyl groups is 5. The zero-order valence-corrected chi connectivity index (χ0v) is 26.8. The minimum atomic E-state index is -1.47. The Bertz CT molecular complexity index is 697. The van der Waals surface area contributed by atoms with E-state index in [1.54, 1.807) is 0 Å². The molecule has 0 saturated heterocycles. The summed E-state index contributed by atoms with van der Waals surface area (Å²) >= 11 is 0. The average Bonchev–Trinajstić information content (AvgIpc) is 3.28. The SMILES string of the molecule is CCCCCCCCCCCCC(CCCCCCCCCC)CCC(OC1=C(O)C(=O)O[C@@H]1[C@@H](O)CO)C(O)CO. The lowest BCUT2D eigenvalue weighted by molar-refractivity contribution is -0.149. The summed E-state index contributed by atoms with van der Waals surface area (Å²) in [6.45, 7) is 3.26. The third kappa shape index (κ3) is 16.5. The normalized spacial score (nSPS) is 18.2. The predicted molar refractivity (Wildman–Crippen MR) is 167 cm³/mol. The van der Waals surface area contributed by atoms with Crippen LogP contribution >= 0.6 is 0 Å². The zero-order chi connectivity index (χ0) is 31.0. The Morgan fingerprint density at radius 3 is 1.55 bits per heavy atom. The van der Waals surface area contributed by atoms with E-state index in [1.807, 2.05) is 0 Å². The maximum atomic E-state index is 11.9. The molecule has 1 rings (SSSR count). The Morgan fingerprint density at radius 1 is 0.667 bits per heavy atom. The van der Waals surface area contributed by atoms with E-state index in [9.17, 15) is 30.3 Å². The Hall–Kier alpha value is -1.35. The monoisotopic (exact) mass is 600 g/mol. The molecule has 1 heterocycles. The van der Waals surface area contributed by atoms with E-state index in [-0.39, 0.29) is 5.76 Å². The molecule has 0 fully saturated rings. The average molecular weight is 601 g/mol. The molecule has 0 aromatic heterocycles. The number of carbonyl (C=O) groups excluding carboxylic acids is 1. The molecule has 0 radical (unpaired) electrons. The first kappa shape index (κ1) is 38.7. The van der Waals surface area contributed by atoms with Crippen molar-refractivity contribution in [1.82, 2.24) is 0 Å². The fraction of sp³-hybridized carbons (Fsp3) is 0.912. The van der Waals surface area contributed by atoms with Gasteiger partial charge in [-0.05, 0) is 18.8 Å². The highest BCUT2D eigenvalue weighted by Crippen LogP contribution is 2.30. The van der Waals surface area contributed by atoms with Gasteiger partial charge in [0.1, 0.15) is 18.3 Å². The fourth-order valence-corrected chi connectivity index (χ4v) is 5.86. The molecule has 0 aromatic rings. The second kappa shape index (κ2) is 25.0. The van der Waals surface area contributed by atoms with Crippen molar-refractivity contribution in [3.8, 4) is 0 Å². The fourth-order valence-electron chi connectivity index (χ4n) is 5.86. The van der Waals surface area contributed by atoms with Gasteiger partial charge in [0.15, 0.2) is 11.9 Å². The molecule has 0 aromatic carbocycles. The lowest BCUT2D eigenvalue weighted by Gasteiger charge is -2.28. The van der Waals surface area contributed by atoms with Crippen molar-refractivity contribution in [2.45, 2.75) is 180 Å². The van der Waals surface area contributed by atoms with E-state index >= 15 is 0 Å². The number of hydrogen-bond donors (Lipinski definition) is 5. The van der Waals surface area contributed by atoms with Crippen molar-refractivity contribution in [3.63, 3.8) is 0 Å². The van der Waals surface area contributed by atoms with E-state index in [2.05, 4.69) is 13.8 Å². The van der Waals surface area contributed by atoms with Gasteiger partial charge in [-0.2, -0.15) is 0 Å². The number of rotatable bonds is 29. The molecular weight excluding hydrogens is 536 g/mol. The van der Waals surface area contributed by atoms with Crippen LogP contribution in [0.4, 0.5) is 0 Å². The van der Waals surface area contributed by atoms with E-state index in [4.69, 9.17) is 9.47 Å². The summed E-state index contributed by atoms with van der Waals surface area (Å²) in [5.74, 6) is -1.66. The Labute approximate surface area is 255 Å². The molecule has 8 nitrogen and oxygen atoms in total. The summed E-state index contributed by atoms with van der Waals surface area (Å²) in [5, 5.41) is 49.7. The molecule has 0 spiro atoms.